The number of nitrogens with zero attached hydrogens (tertiary/aromatic N) is 1. The summed E-state index contributed by atoms with van der Waals surface area (Å²) in [6.45, 7) is 8.34. The SMILES string of the molecule is CCCOCCC(=O)N(CC)C1CCNCC1. The molecule has 0 radical (unpaired) electrons. The van der Waals surface area contributed by atoms with Gasteiger partial charge in [-0.1, -0.05) is 6.92 Å². The molecule has 0 unspecified atom stereocenters. The van der Waals surface area contributed by atoms with Crippen LogP contribution in [-0.4, -0.2) is 49.7 Å². The molecular formula is C13H26N2O2. The van der Waals surface area contributed by atoms with Gasteiger partial charge in [-0.3, -0.25) is 4.79 Å². The third kappa shape index (κ3) is 5.04. The quantitative estimate of drug-likeness (QED) is 0.686. The van der Waals surface area contributed by atoms with E-state index in [0.29, 0.717) is 19.1 Å². The average molecular weight is 242 g/mol. The van der Waals surface area contributed by atoms with Crippen molar-refractivity contribution in [3.8, 4) is 0 Å². The summed E-state index contributed by atoms with van der Waals surface area (Å²) in [5.41, 5.74) is 0. The number of ether oxygens (including phenoxy) is 1. The van der Waals surface area contributed by atoms with E-state index in [1.165, 1.54) is 0 Å². The Bertz CT molecular complexity index is 215. The lowest BCUT2D eigenvalue weighted by atomic mass is 10.0. The highest BCUT2D eigenvalue weighted by atomic mass is 16.5. The van der Waals surface area contributed by atoms with Crippen molar-refractivity contribution in [3.05, 3.63) is 0 Å². The summed E-state index contributed by atoms with van der Waals surface area (Å²) >= 11 is 0. The Morgan fingerprint density at radius 3 is 2.59 bits per heavy atom. The van der Waals surface area contributed by atoms with Crippen LogP contribution in [0.15, 0.2) is 0 Å². The van der Waals surface area contributed by atoms with Crippen LogP contribution in [-0.2, 0) is 9.53 Å². The predicted molar refractivity (Wildman–Crippen MR) is 69.0 cm³/mol. The number of amides is 1. The minimum atomic E-state index is 0.246. The number of carbonyl (C=O) groups excluding carboxylic acids is 1. The zero-order chi connectivity index (χ0) is 12.5. The Morgan fingerprint density at radius 1 is 1.29 bits per heavy atom. The van der Waals surface area contributed by atoms with Crippen LogP contribution >= 0.6 is 0 Å². The Labute approximate surface area is 105 Å². The first-order valence-electron chi connectivity index (χ1n) is 6.87. The molecule has 1 rings (SSSR count). The fraction of sp³-hybridized carbons (Fsp3) is 0.923. The van der Waals surface area contributed by atoms with Crippen LogP contribution in [0, 0.1) is 0 Å². The molecule has 1 N–H and O–H groups in total. The van der Waals surface area contributed by atoms with Gasteiger partial charge in [-0.15, -0.1) is 0 Å². The van der Waals surface area contributed by atoms with E-state index in [0.717, 1.165) is 45.5 Å². The number of carbonyl (C=O) groups is 1. The van der Waals surface area contributed by atoms with E-state index in [4.69, 9.17) is 4.74 Å². The minimum absolute atomic E-state index is 0.246. The standard InChI is InChI=1S/C13H26N2O2/c1-3-10-17-11-7-13(16)15(4-2)12-5-8-14-9-6-12/h12,14H,3-11H2,1-2H3. The average Bonchev–Trinajstić information content (AvgIpc) is 2.37. The number of hydrogen-bond donors (Lipinski definition) is 1. The Balaban J connectivity index is 2.29. The second-order valence-corrected chi connectivity index (χ2v) is 4.52. The van der Waals surface area contributed by atoms with Crippen molar-refractivity contribution in [1.82, 2.24) is 10.2 Å². The van der Waals surface area contributed by atoms with Crippen LogP contribution in [0.3, 0.4) is 0 Å². The zero-order valence-electron chi connectivity index (χ0n) is 11.2. The van der Waals surface area contributed by atoms with Gasteiger partial charge >= 0.3 is 0 Å². The fourth-order valence-corrected chi connectivity index (χ4v) is 2.31. The van der Waals surface area contributed by atoms with E-state index in [2.05, 4.69) is 19.2 Å². The summed E-state index contributed by atoms with van der Waals surface area (Å²) in [4.78, 5) is 14.1. The molecule has 0 aliphatic carbocycles. The van der Waals surface area contributed by atoms with Gasteiger partial charge in [0.15, 0.2) is 0 Å². The third-order valence-corrected chi connectivity index (χ3v) is 3.22. The molecule has 1 fully saturated rings. The molecule has 0 atom stereocenters. The summed E-state index contributed by atoms with van der Waals surface area (Å²) in [5, 5.41) is 3.33. The topological polar surface area (TPSA) is 41.6 Å². The number of piperidine rings is 1. The molecule has 1 amide bonds. The maximum absolute atomic E-state index is 12.1. The molecule has 0 aromatic heterocycles. The summed E-state index contributed by atoms with van der Waals surface area (Å²) < 4.78 is 5.38. The fourth-order valence-electron chi connectivity index (χ4n) is 2.31. The van der Waals surface area contributed by atoms with Crippen molar-refractivity contribution < 1.29 is 9.53 Å². The van der Waals surface area contributed by atoms with Crippen LogP contribution in [0.1, 0.15) is 39.5 Å². The molecule has 1 aliphatic rings. The summed E-state index contributed by atoms with van der Waals surface area (Å²) in [6.07, 6.45) is 3.70. The molecule has 1 heterocycles. The van der Waals surface area contributed by atoms with Crippen LogP contribution in [0.25, 0.3) is 0 Å². The lowest BCUT2D eigenvalue weighted by Crippen LogP contribution is -2.46. The van der Waals surface area contributed by atoms with Gasteiger partial charge in [0.25, 0.3) is 0 Å². The molecule has 0 saturated carbocycles. The van der Waals surface area contributed by atoms with Crippen molar-refractivity contribution in [2.24, 2.45) is 0 Å². The van der Waals surface area contributed by atoms with Gasteiger partial charge in [-0.2, -0.15) is 0 Å². The van der Waals surface area contributed by atoms with Crippen LogP contribution in [0.5, 0.6) is 0 Å². The Hall–Kier alpha value is -0.610. The smallest absolute Gasteiger partial charge is 0.225 e. The zero-order valence-corrected chi connectivity index (χ0v) is 11.2. The van der Waals surface area contributed by atoms with Crippen LogP contribution < -0.4 is 5.32 Å². The third-order valence-electron chi connectivity index (χ3n) is 3.22. The van der Waals surface area contributed by atoms with Crippen molar-refractivity contribution in [2.75, 3.05) is 32.8 Å². The molecule has 0 spiro atoms. The highest BCUT2D eigenvalue weighted by Gasteiger charge is 2.23. The number of nitrogens with one attached hydrogen (secondary N) is 1. The summed E-state index contributed by atoms with van der Waals surface area (Å²) in [5.74, 6) is 0.246. The van der Waals surface area contributed by atoms with Crippen LogP contribution in [0.2, 0.25) is 0 Å². The normalized spacial score (nSPS) is 17.1. The Kier molecular flexibility index (Phi) is 7.21. The van der Waals surface area contributed by atoms with Gasteiger partial charge in [0.05, 0.1) is 13.0 Å². The second kappa shape index (κ2) is 8.48. The van der Waals surface area contributed by atoms with Crippen molar-refractivity contribution >= 4 is 5.91 Å². The maximum Gasteiger partial charge on any atom is 0.225 e. The Morgan fingerprint density at radius 2 is 2.00 bits per heavy atom. The second-order valence-electron chi connectivity index (χ2n) is 4.52. The molecular weight excluding hydrogens is 216 g/mol. The minimum Gasteiger partial charge on any atom is -0.381 e. The maximum atomic E-state index is 12.1. The van der Waals surface area contributed by atoms with Gasteiger partial charge < -0.3 is 15.0 Å². The highest BCUT2D eigenvalue weighted by Crippen LogP contribution is 2.12. The number of rotatable bonds is 7. The first-order chi connectivity index (χ1) is 8.29. The molecule has 100 valence electrons. The molecule has 17 heavy (non-hydrogen) atoms. The lowest BCUT2D eigenvalue weighted by Gasteiger charge is -2.34. The molecule has 4 heteroatoms. The van der Waals surface area contributed by atoms with Gasteiger partial charge in [0.1, 0.15) is 0 Å². The first-order valence-corrected chi connectivity index (χ1v) is 6.87. The molecule has 0 aromatic carbocycles. The number of hydrogen-bond acceptors (Lipinski definition) is 3. The molecule has 0 aromatic rings. The van der Waals surface area contributed by atoms with Gasteiger partial charge in [0.2, 0.25) is 5.91 Å². The van der Waals surface area contributed by atoms with E-state index >= 15 is 0 Å². The molecule has 0 bridgehead atoms. The van der Waals surface area contributed by atoms with Gasteiger partial charge in [0, 0.05) is 19.2 Å². The highest BCUT2D eigenvalue weighted by molar-refractivity contribution is 5.76. The largest absolute Gasteiger partial charge is 0.381 e. The van der Waals surface area contributed by atoms with Crippen LogP contribution in [0.4, 0.5) is 0 Å². The summed E-state index contributed by atoms with van der Waals surface area (Å²) in [6, 6.07) is 0.430. The monoisotopic (exact) mass is 242 g/mol. The van der Waals surface area contributed by atoms with E-state index in [1.54, 1.807) is 0 Å². The van der Waals surface area contributed by atoms with E-state index in [-0.39, 0.29) is 5.91 Å². The van der Waals surface area contributed by atoms with Crippen molar-refractivity contribution in [1.29, 1.82) is 0 Å². The lowest BCUT2D eigenvalue weighted by molar-refractivity contribution is -0.135. The van der Waals surface area contributed by atoms with Gasteiger partial charge in [-0.25, -0.2) is 0 Å². The first kappa shape index (κ1) is 14.5. The van der Waals surface area contributed by atoms with Crippen molar-refractivity contribution in [3.63, 3.8) is 0 Å². The predicted octanol–water partition coefficient (Wildman–Crippen LogP) is 1.40. The van der Waals surface area contributed by atoms with Crippen molar-refractivity contribution in [2.45, 2.75) is 45.6 Å². The van der Waals surface area contributed by atoms with E-state index < -0.39 is 0 Å². The molecule has 1 aliphatic heterocycles. The summed E-state index contributed by atoms with van der Waals surface area (Å²) in [7, 11) is 0. The molecule has 1 saturated heterocycles. The molecule has 4 nitrogen and oxygen atoms in total. The van der Waals surface area contributed by atoms with E-state index in [9.17, 15) is 4.79 Å². The van der Waals surface area contributed by atoms with Gasteiger partial charge in [-0.05, 0) is 39.3 Å². The van der Waals surface area contributed by atoms with E-state index in [1.807, 2.05) is 4.90 Å².